The Bertz CT molecular complexity index is 457. The standard InChI is InChI=1S/C11H15N5O/c1-2-13-11(15-12)16-7-10(17)14-8-5-3-4-6-9(8)16/h3-6H,2,7,12H2,1H3,(H,13,15)(H,14,17). The van der Waals surface area contributed by atoms with Crippen LogP contribution in [0.15, 0.2) is 29.3 Å². The summed E-state index contributed by atoms with van der Waals surface area (Å²) in [4.78, 5) is 17.6. The average molecular weight is 233 g/mol. The lowest BCUT2D eigenvalue weighted by molar-refractivity contribution is -0.115. The summed E-state index contributed by atoms with van der Waals surface area (Å²) < 4.78 is 0. The summed E-state index contributed by atoms with van der Waals surface area (Å²) in [6, 6.07) is 7.54. The number of amides is 1. The molecule has 0 spiro atoms. The predicted octanol–water partition coefficient (Wildman–Crippen LogP) is 0.284. The summed E-state index contributed by atoms with van der Waals surface area (Å²) in [6.07, 6.45) is 0. The highest BCUT2D eigenvalue weighted by molar-refractivity contribution is 6.10. The molecule has 2 rings (SSSR count). The quantitative estimate of drug-likeness (QED) is 0.282. The van der Waals surface area contributed by atoms with Crippen LogP contribution < -0.4 is 21.5 Å². The van der Waals surface area contributed by atoms with Crippen molar-refractivity contribution in [2.45, 2.75) is 6.92 Å². The molecule has 0 unspecified atom stereocenters. The molecule has 6 heteroatoms. The maximum Gasteiger partial charge on any atom is 0.244 e. The van der Waals surface area contributed by atoms with E-state index >= 15 is 0 Å². The highest BCUT2D eigenvalue weighted by Gasteiger charge is 2.24. The van der Waals surface area contributed by atoms with Gasteiger partial charge in [0.25, 0.3) is 0 Å². The molecule has 0 saturated carbocycles. The SMILES string of the molecule is CCN=C(NN)N1CC(=O)Nc2ccccc21. The zero-order valence-electron chi connectivity index (χ0n) is 9.60. The van der Waals surface area contributed by atoms with Gasteiger partial charge >= 0.3 is 0 Å². The molecule has 1 aromatic rings. The van der Waals surface area contributed by atoms with E-state index in [2.05, 4.69) is 15.7 Å². The number of rotatable bonds is 1. The first-order chi connectivity index (χ1) is 8.26. The third-order valence-electron chi connectivity index (χ3n) is 2.46. The molecule has 0 radical (unpaired) electrons. The fourth-order valence-electron chi connectivity index (χ4n) is 1.78. The van der Waals surface area contributed by atoms with E-state index in [9.17, 15) is 4.79 Å². The second kappa shape index (κ2) is 4.84. The van der Waals surface area contributed by atoms with Crippen molar-refractivity contribution in [2.75, 3.05) is 23.3 Å². The molecule has 0 fully saturated rings. The number of guanidine groups is 1. The molecule has 6 nitrogen and oxygen atoms in total. The first kappa shape index (κ1) is 11.4. The van der Waals surface area contributed by atoms with Gasteiger partial charge in [-0.2, -0.15) is 0 Å². The van der Waals surface area contributed by atoms with Crippen molar-refractivity contribution in [2.24, 2.45) is 10.8 Å². The van der Waals surface area contributed by atoms with Crippen molar-refractivity contribution < 1.29 is 4.79 Å². The van der Waals surface area contributed by atoms with E-state index in [1.807, 2.05) is 31.2 Å². The van der Waals surface area contributed by atoms with E-state index in [1.54, 1.807) is 4.90 Å². The molecule has 1 amide bonds. The maximum absolute atomic E-state index is 11.6. The van der Waals surface area contributed by atoms with Gasteiger partial charge in [-0.15, -0.1) is 0 Å². The first-order valence-corrected chi connectivity index (χ1v) is 5.43. The predicted molar refractivity (Wildman–Crippen MR) is 67.7 cm³/mol. The molecule has 1 heterocycles. The van der Waals surface area contributed by atoms with Gasteiger partial charge < -0.3 is 10.2 Å². The van der Waals surface area contributed by atoms with Crippen molar-refractivity contribution >= 4 is 23.2 Å². The zero-order valence-corrected chi connectivity index (χ0v) is 9.60. The van der Waals surface area contributed by atoms with E-state index in [0.717, 1.165) is 11.4 Å². The number of benzene rings is 1. The number of para-hydroxylation sites is 2. The molecular formula is C11H15N5O. The molecule has 0 saturated heterocycles. The number of nitrogens with zero attached hydrogens (tertiary/aromatic N) is 2. The van der Waals surface area contributed by atoms with Gasteiger partial charge in [0.15, 0.2) is 0 Å². The van der Waals surface area contributed by atoms with Crippen LogP contribution >= 0.6 is 0 Å². The smallest absolute Gasteiger partial charge is 0.244 e. The number of fused-ring (bicyclic) bond motifs is 1. The highest BCUT2D eigenvalue weighted by atomic mass is 16.2. The Kier molecular flexibility index (Phi) is 3.24. The summed E-state index contributed by atoms with van der Waals surface area (Å²) in [5.74, 6) is 5.85. The fraction of sp³-hybridized carbons (Fsp3) is 0.273. The second-order valence-electron chi connectivity index (χ2n) is 3.59. The van der Waals surface area contributed by atoms with Crippen LogP contribution in [0.1, 0.15) is 6.92 Å². The molecule has 90 valence electrons. The second-order valence-corrected chi connectivity index (χ2v) is 3.59. The molecule has 1 aromatic carbocycles. The molecular weight excluding hydrogens is 218 g/mol. The van der Waals surface area contributed by atoms with E-state index in [0.29, 0.717) is 12.5 Å². The van der Waals surface area contributed by atoms with E-state index in [1.165, 1.54) is 0 Å². The lowest BCUT2D eigenvalue weighted by atomic mass is 10.2. The Morgan fingerprint density at radius 2 is 2.35 bits per heavy atom. The number of hydrogen-bond donors (Lipinski definition) is 3. The van der Waals surface area contributed by atoms with Gasteiger partial charge in [0.2, 0.25) is 11.9 Å². The largest absolute Gasteiger partial charge is 0.323 e. The highest BCUT2D eigenvalue weighted by Crippen LogP contribution is 2.28. The zero-order chi connectivity index (χ0) is 12.3. The lowest BCUT2D eigenvalue weighted by Gasteiger charge is -2.30. The number of carbonyl (C=O) groups is 1. The fourth-order valence-corrected chi connectivity index (χ4v) is 1.78. The Labute approximate surface area is 99.5 Å². The van der Waals surface area contributed by atoms with Crippen LogP contribution in [0.3, 0.4) is 0 Å². The molecule has 0 atom stereocenters. The van der Waals surface area contributed by atoms with Crippen molar-refractivity contribution in [1.29, 1.82) is 0 Å². The average Bonchev–Trinajstić information content (AvgIpc) is 2.35. The number of anilines is 2. The molecule has 1 aliphatic rings. The Morgan fingerprint density at radius 1 is 1.59 bits per heavy atom. The summed E-state index contributed by atoms with van der Waals surface area (Å²) in [5.41, 5.74) is 4.18. The van der Waals surface area contributed by atoms with Gasteiger partial charge in [-0.1, -0.05) is 12.1 Å². The number of aliphatic imine (C=N–C) groups is 1. The van der Waals surface area contributed by atoms with E-state index < -0.39 is 0 Å². The van der Waals surface area contributed by atoms with Gasteiger partial charge in [-0.25, -0.2) is 5.84 Å². The van der Waals surface area contributed by atoms with Crippen LogP contribution in [0, 0.1) is 0 Å². The topological polar surface area (TPSA) is 82.8 Å². The van der Waals surface area contributed by atoms with Crippen molar-refractivity contribution in [3.63, 3.8) is 0 Å². The van der Waals surface area contributed by atoms with Crippen molar-refractivity contribution in [3.05, 3.63) is 24.3 Å². The van der Waals surface area contributed by atoms with Crippen molar-refractivity contribution in [3.8, 4) is 0 Å². The third kappa shape index (κ3) is 2.21. The minimum Gasteiger partial charge on any atom is -0.323 e. The number of carbonyl (C=O) groups excluding carboxylic acids is 1. The lowest BCUT2D eigenvalue weighted by Crippen LogP contribution is -2.50. The van der Waals surface area contributed by atoms with Crippen LogP contribution in [0.25, 0.3) is 0 Å². The van der Waals surface area contributed by atoms with Crippen molar-refractivity contribution in [1.82, 2.24) is 5.43 Å². The summed E-state index contributed by atoms with van der Waals surface area (Å²) in [6.45, 7) is 2.72. The first-order valence-electron chi connectivity index (χ1n) is 5.43. The van der Waals surface area contributed by atoms with Crippen LogP contribution in [0.2, 0.25) is 0 Å². The van der Waals surface area contributed by atoms with Crippen LogP contribution in [0.5, 0.6) is 0 Å². The van der Waals surface area contributed by atoms with E-state index in [4.69, 9.17) is 5.84 Å². The Balaban J connectivity index is 2.41. The van der Waals surface area contributed by atoms with Gasteiger partial charge in [0.1, 0.15) is 6.54 Å². The minimum absolute atomic E-state index is 0.0808. The number of hydrogen-bond acceptors (Lipinski definition) is 3. The van der Waals surface area contributed by atoms with Crippen LogP contribution in [-0.4, -0.2) is 25.0 Å². The van der Waals surface area contributed by atoms with Gasteiger partial charge in [0, 0.05) is 6.54 Å². The third-order valence-corrected chi connectivity index (χ3v) is 2.46. The maximum atomic E-state index is 11.6. The number of hydrazine groups is 1. The monoisotopic (exact) mass is 233 g/mol. The Hall–Kier alpha value is -2.08. The van der Waals surface area contributed by atoms with Gasteiger partial charge in [-0.3, -0.25) is 15.2 Å². The summed E-state index contributed by atoms with van der Waals surface area (Å²) >= 11 is 0. The summed E-state index contributed by atoms with van der Waals surface area (Å²) in [5, 5.41) is 2.81. The van der Waals surface area contributed by atoms with Crippen LogP contribution in [0.4, 0.5) is 11.4 Å². The molecule has 17 heavy (non-hydrogen) atoms. The molecule has 4 N–H and O–H groups in total. The van der Waals surface area contributed by atoms with Gasteiger partial charge in [0.05, 0.1) is 11.4 Å². The molecule has 0 bridgehead atoms. The molecule has 0 aromatic heterocycles. The van der Waals surface area contributed by atoms with E-state index in [-0.39, 0.29) is 12.5 Å². The molecule has 1 aliphatic heterocycles. The molecule has 0 aliphatic carbocycles. The Morgan fingerprint density at radius 3 is 3.06 bits per heavy atom. The normalized spacial score (nSPS) is 15.3. The summed E-state index contributed by atoms with van der Waals surface area (Å²) in [7, 11) is 0. The number of nitrogens with one attached hydrogen (secondary N) is 2. The minimum atomic E-state index is -0.0808. The van der Waals surface area contributed by atoms with Gasteiger partial charge in [-0.05, 0) is 19.1 Å². The number of nitrogens with two attached hydrogens (primary N) is 1. The van der Waals surface area contributed by atoms with Crippen LogP contribution in [-0.2, 0) is 4.79 Å².